The number of rotatable bonds is 3. The first kappa shape index (κ1) is 12.8. The van der Waals surface area contributed by atoms with Gasteiger partial charge in [-0.05, 0) is 45.3 Å². The molecule has 1 aliphatic heterocycles. The van der Waals surface area contributed by atoms with Gasteiger partial charge in [0.2, 0.25) is 0 Å². The van der Waals surface area contributed by atoms with Crippen molar-refractivity contribution in [3.63, 3.8) is 0 Å². The minimum absolute atomic E-state index is 0.0424. The quantitative estimate of drug-likeness (QED) is 0.931. The van der Waals surface area contributed by atoms with Gasteiger partial charge in [-0.2, -0.15) is 0 Å². The lowest BCUT2D eigenvalue weighted by molar-refractivity contribution is 0.0951. The fraction of sp³-hybridized carbons (Fsp3) is 0.214. The molecule has 1 aromatic heterocycles. The van der Waals surface area contributed by atoms with Crippen LogP contribution in [-0.2, 0) is 24.5 Å². The third-order valence-corrected chi connectivity index (χ3v) is 4.73. The fourth-order valence-electron chi connectivity index (χ4n) is 2.03. The molecule has 0 aliphatic carbocycles. The first-order valence-electron chi connectivity index (χ1n) is 5.93. The number of fused-ring (bicyclic) bond motifs is 1. The van der Waals surface area contributed by atoms with Crippen LogP contribution >= 0.6 is 27.3 Å². The van der Waals surface area contributed by atoms with Crippen molar-refractivity contribution in [1.82, 2.24) is 5.32 Å². The van der Waals surface area contributed by atoms with Crippen LogP contribution in [0.1, 0.15) is 26.4 Å². The van der Waals surface area contributed by atoms with E-state index in [0.29, 0.717) is 25.3 Å². The molecule has 1 aromatic carbocycles. The fourth-order valence-corrected chi connectivity index (χ4v) is 3.42. The third-order valence-electron chi connectivity index (χ3n) is 3.03. The summed E-state index contributed by atoms with van der Waals surface area (Å²) < 4.78 is 6.40. The number of benzene rings is 1. The number of ether oxygens (including phenoxy) is 1. The molecular formula is C14H12BrNO2S. The summed E-state index contributed by atoms with van der Waals surface area (Å²) in [5, 5.41) is 4.94. The zero-order valence-electron chi connectivity index (χ0n) is 10.1. The summed E-state index contributed by atoms with van der Waals surface area (Å²) in [7, 11) is 0. The van der Waals surface area contributed by atoms with Crippen LogP contribution in [0.2, 0.25) is 0 Å². The van der Waals surface area contributed by atoms with Crippen molar-refractivity contribution < 1.29 is 9.53 Å². The Kier molecular flexibility index (Phi) is 3.68. The molecule has 0 fully saturated rings. The highest BCUT2D eigenvalue weighted by Gasteiger charge is 2.14. The van der Waals surface area contributed by atoms with Gasteiger partial charge in [-0.25, -0.2) is 0 Å². The Hall–Kier alpha value is -1.17. The van der Waals surface area contributed by atoms with Crippen molar-refractivity contribution in [2.45, 2.75) is 19.8 Å². The second-order valence-corrected chi connectivity index (χ2v) is 6.30. The molecule has 3 rings (SSSR count). The van der Waals surface area contributed by atoms with Crippen LogP contribution in [0.25, 0.3) is 0 Å². The zero-order valence-corrected chi connectivity index (χ0v) is 12.5. The zero-order chi connectivity index (χ0) is 13.2. The highest BCUT2D eigenvalue weighted by atomic mass is 79.9. The number of thiophene rings is 1. The molecule has 1 N–H and O–H groups in total. The summed E-state index contributed by atoms with van der Waals surface area (Å²) in [6.07, 6.45) is 0. The van der Waals surface area contributed by atoms with Gasteiger partial charge in [0.15, 0.2) is 0 Å². The SMILES string of the molecule is O=C(NCc1cc(Br)cs1)c1ccc2c(c1)COC2. The van der Waals surface area contributed by atoms with Crippen LogP contribution in [0.3, 0.4) is 0 Å². The van der Waals surface area contributed by atoms with Crippen molar-refractivity contribution in [2.24, 2.45) is 0 Å². The van der Waals surface area contributed by atoms with Gasteiger partial charge in [0, 0.05) is 20.3 Å². The summed E-state index contributed by atoms with van der Waals surface area (Å²) in [5.74, 6) is -0.0424. The van der Waals surface area contributed by atoms with Gasteiger partial charge in [0.25, 0.3) is 5.91 Å². The lowest BCUT2D eigenvalue weighted by Gasteiger charge is -2.05. The van der Waals surface area contributed by atoms with Gasteiger partial charge in [0.1, 0.15) is 0 Å². The van der Waals surface area contributed by atoms with E-state index in [9.17, 15) is 4.79 Å². The standard InChI is InChI=1S/C14H12BrNO2S/c15-12-4-13(19-8-12)5-16-14(17)9-1-2-10-6-18-7-11(10)3-9/h1-4,8H,5-7H2,(H,16,17). The Bertz CT molecular complexity index is 624. The van der Waals surface area contributed by atoms with Crippen molar-refractivity contribution >= 4 is 33.2 Å². The van der Waals surface area contributed by atoms with Crippen LogP contribution in [0, 0.1) is 0 Å². The lowest BCUT2D eigenvalue weighted by Crippen LogP contribution is -2.22. The maximum Gasteiger partial charge on any atom is 0.251 e. The van der Waals surface area contributed by atoms with E-state index in [0.717, 1.165) is 14.9 Å². The van der Waals surface area contributed by atoms with Gasteiger partial charge >= 0.3 is 0 Å². The van der Waals surface area contributed by atoms with Crippen LogP contribution in [-0.4, -0.2) is 5.91 Å². The molecule has 0 atom stereocenters. The van der Waals surface area contributed by atoms with Crippen molar-refractivity contribution in [3.05, 3.63) is 55.7 Å². The number of carbonyl (C=O) groups excluding carboxylic acids is 1. The molecule has 0 saturated carbocycles. The van der Waals surface area contributed by atoms with Crippen LogP contribution in [0.15, 0.2) is 34.1 Å². The molecule has 0 unspecified atom stereocenters. The summed E-state index contributed by atoms with van der Waals surface area (Å²) in [5.41, 5.74) is 2.99. The van der Waals surface area contributed by atoms with E-state index in [1.165, 1.54) is 5.56 Å². The predicted octanol–water partition coefficient (Wildman–Crippen LogP) is 3.47. The number of nitrogens with one attached hydrogen (secondary N) is 1. The molecular weight excluding hydrogens is 326 g/mol. The summed E-state index contributed by atoms with van der Waals surface area (Å²) in [6, 6.07) is 7.76. The predicted molar refractivity (Wildman–Crippen MR) is 78.1 cm³/mol. The van der Waals surface area contributed by atoms with E-state index >= 15 is 0 Å². The summed E-state index contributed by atoms with van der Waals surface area (Å²) >= 11 is 5.03. The number of halogens is 1. The van der Waals surface area contributed by atoms with E-state index in [-0.39, 0.29) is 5.91 Å². The van der Waals surface area contributed by atoms with Gasteiger partial charge in [-0.3, -0.25) is 4.79 Å². The first-order chi connectivity index (χ1) is 9.22. The van der Waals surface area contributed by atoms with Gasteiger partial charge < -0.3 is 10.1 Å². The molecule has 0 spiro atoms. The largest absolute Gasteiger partial charge is 0.372 e. The summed E-state index contributed by atoms with van der Waals surface area (Å²) in [4.78, 5) is 13.2. The number of hydrogen-bond donors (Lipinski definition) is 1. The molecule has 19 heavy (non-hydrogen) atoms. The Morgan fingerprint density at radius 2 is 2.16 bits per heavy atom. The molecule has 98 valence electrons. The second kappa shape index (κ2) is 5.45. The molecule has 1 amide bonds. The topological polar surface area (TPSA) is 38.3 Å². The first-order valence-corrected chi connectivity index (χ1v) is 7.60. The van der Waals surface area contributed by atoms with Crippen molar-refractivity contribution in [1.29, 1.82) is 0 Å². The average molecular weight is 338 g/mol. The second-order valence-electron chi connectivity index (χ2n) is 4.39. The van der Waals surface area contributed by atoms with E-state index in [2.05, 4.69) is 21.2 Å². The normalized spacial score (nSPS) is 13.3. The van der Waals surface area contributed by atoms with Crippen LogP contribution in [0.5, 0.6) is 0 Å². The third kappa shape index (κ3) is 2.88. The van der Waals surface area contributed by atoms with Crippen molar-refractivity contribution in [2.75, 3.05) is 0 Å². The molecule has 0 bridgehead atoms. The number of amides is 1. The Morgan fingerprint density at radius 3 is 2.95 bits per heavy atom. The molecule has 0 saturated heterocycles. The van der Waals surface area contributed by atoms with Crippen LogP contribution in [0.4, 0.5) is 0 Å². The van der Waals surface area contributed by atoms with E-state index < -0.39 is 0 Å². The Morgan fingerprint density at radius 1 is 1.32 bits per heavy atom. The lowest BCUT2D eigenvalue weighted by atomic mass is 10.1. The van der Waals surface area contributed by atoms with Crippen LogP contribution < -0.4 is 5.32 Å². The molecule has 2 heterocycles. The Balaban J connectivity index is 1.67. The number of carbonyl (C=O) groups is 1. The average Bonchev–Trinajstić information content (AvgIpc) is 3.03. The smallest absolute Gasteiger partial charge is 0.251 e. The van der Waals surface area contributed by atoms with Gasteiger partial charge in [-0.1, -0.05) is 6.07 Å². The van der Waals surface area contributed by atoms with Crippen molar-refractivity contribution in [3.8, 4) is 0 Å². The maximum atomic E-state index is 12.1. The maximum absolute atomic E-state index is 12.1. The highest BCUT2D eigenvalue weighted by molar-refractivity contribution is 9.10. The minimum Gasteiger partial charge on any atom is -0.372 e. The van der Waals surface area contributed by atoms with E-state index in [1.807, 2.05) is 29.6 Å². The number of hydrogen-bond acceptors (Lipinski definition) is 3. The Labute approximate surface area is 123 Å². The molecule has 5 heteroatoms. The minimum atomic E-state index is -0.0424. The molecule has 1 aliphatic rings. The van der Waals surface area contributed by atoms with E-state index in [4.69, 9.17) is 4.74 Å². The van der Waals surface area contributed by atoms with Gasteiger partial charge in [0.05, 0.1) is 19.8 Å². The highest BCUT2D eigenvalue weighted by Crippen LogP contribution is 2.21. The molecule has 0 radical (unpaired) electrons. The van der Waals surface area contributed by atoms with E-state index in [1.54, 1.807) is 11.3 Å². The summed E-state index contributed by atoms with van der Waals surface area (Å²) in [6.45, 7) is 1.82. The van der Waals surface area contributed by atoms with Gasteiger partial charge in [-0.15, -0.1) is 11.3 Å². The monoisotopic (exact) mass is 337 g/mol. The molecule has 2 aromatic rings. The molecule has 3 nitrogen and oxygen atoms in total.